The second-order valence-corrected chi connectivity index (χ2v) is 7.50. The van der Waals surface area contributed by atoms with Crippen molar-refractivity contribution >= 4 is 29.9 Å². The van der Waals surface area contributed by atoms with Crippen molar-refractivity contribution in [2.45, 2.75) is 24.9 Å². The summed E-state index contributed by atoms with van der Waals surface area (Å²) in [4.78, 5) is 11.7. The number of hydrogen-bond donors (Lipinski definition) is 2. The quantitative estimate of drug-likeness (QED) is 0.358. The first-order valence-electron chi connectivity index (χ1n) is 9.78. The third kappa shape index (κ3) is 6.33. The number of likely N-dealkylation sites (N-methyl/N-ethyl adjacent to an activating group) is 2. The summed E-state index contributed by atoms with van der Waals surface area (Å²) in [5.74, 6) is 1.89. The Morgan fingerprint density at radius 3 is 2.67 bits per heavy atom. The van der Waals surface area contributed by atoms with Gasteiger partial charge in [0.05, 0.1) is 12.3 Å². The van der Waals surface area contributed by atoms with Gasteiger partial charge in [-0.1, -0.05) is 0 Å². The highest BCUT2D eigenvalue weighted by Crippen LogP contribution is 2.24. The van der Waals surface area contributed by atoms with Gasteiger partial charge in [-0.3, -0.25) is 14.8 Å². The van der Waals surface area contributed by atoms with E-state index in [0.29, 0.717) is 6.04 Å². The summed E-state index contributed by atoms with van der Waals surface area (Å²) in [7, 11) is 6.23. The fourth-order valence-electron chi connectivity index (χ4n) is 3.89. The van der Waals surface area contributed by atoms with E-state index in [-0.39, 0.29) is 30.0 Å². The van der Waals surface area contributed by atoms with Crippen LogP contribution < -0.4 is 10.6 Å². The van der Waals surface area contributed by atoms with Crippen LogP contribution in [0.25, 0.3) is 0 Å². The smallest absolute Gasteiger partial charge is 0.191 e. The van der Waals surface area contributed by atoms with E-state index in [2.05, 4.69) is 50.5 Å². The standard InChI is InChI=1S/C19H34N6O.HI/c1-20-19(21-13-16-15-23(2)10-11-24(16)3)22-14-17(18-7-6-12-26-18)25-8-4-5-9-25;/h6-7,12,16-17H,4-5,8-11,13-15H2,1-3H3,(H2,20,21,22);1H. The molecule has 3 heterocycles. The number of nitrogens with one attached hydrogen (secondary N) is 2. The van der Waals surface area contributed by atoms with Crippen molar-refractivity contribution in [1.29, 1.82) is 0 Å². The van der Waals surface area contributed by atoms with Gasteiger partial charge in [-0.2, -0.15) is 0 Å². The molecule has 2 fully saturated rings. The Balaban J connectivity index is 0.00000261. The lowest BCUT2D eigenvalue weighted by Crippen LogP contribution is -2.55. The van der Waals surface area contributed by atoms with Gasteiger partial charge in [-0.15, -0.1) is 24.0 Å². The number of nitrogens with zero attached hydrogens (tertiary/aromatic N) is 4. The van der Waals surface area contributed by atoms with E-state index in [1.807, 2.05) is 13.1 Å². The van der Waals surface area contributed by atoms with Crippen molar-refractivity contribution in [1.82, 2.24) is 25.3 Å². The Morgan fingerprint density at radius 1 is 1.22 bits per heavy atom. The Labute approximate surface area is 180 Å². The third-order valence-corrected chi connectivity index (χ3v) is 5.62. The van der Waals surface area contributed by atoms with Crippen LogP contribution in [-0.2, 0) is 0 Å². The minimum absolute atomic E-state index is 0. The SMILES string of the molecule is CN=C(NCC1CN(C)CCN1C)NCC(c1ccco1)N1CCCC1.I. The Kier molecular flexibility index (Phi) is 9.34. The van der Waals surface area contributed by atoms with Gasteiger partial charge >= 0.3 is 0 Å². The zero-order chi connectivity index (χ0) is 18.4. The predicted molar refractivity (Wildman–Crippen MR) is 121 cm³/mol. The second-order valence-electron chi connectivity index (χ2n) is 7.50. The third-order valence-electron chi connectivity index (χ3n) is 5.62. The average molecular weight is 490 g/mol. The van der Waals surface area contributed by atoms with Gasteiger partial charge in [0, 0.05) is 45.8 Å². The average Bonchev–Trinajstić information content (AvgIpc) is 3.35. The Hall–Kier alpha value is -0.840. The molecule has 2 unspecified atom stereocenters. The zero-order valence-corrected chi connectivity index (χ0v) is 19.2. The highest BCUT2D eigenvalue weighted by atomic mass is 127. The summed E-state index contributed by atoms with van der Waals surface area (Å²) in [5.41, 5.74) is 0. The lowest BCUT2D eigenvalue weighted by molar-refractivity contribution is 0.116. The van der Waals surface area contributed by atoms with Crippen LogP contribution in [0.4, 0.5) is 0 Å². The van der Waals surface area contributed by atoms with Crippen molar-refractivity contribution in [3.05, 3.63) is 24.2 Å². The summed E-state index contributed by atoms with van der Waals surface area (Å²) >= 11 is 0. The van der Waals surface area contributed by atoms with Crippen LogP contribution in [0.2, 0.25) is 0 Å². The fourth-order valence-corrected chi connectivity index (χ4v) is 3.89. The summed E-state index contributed by atoms with van der Waals surface area (Å²) in [6.45, 7) is 7.31. The predicted octanol–water partition coefficient (Wildman–Crippen LogP) is 1.45. The number of furan rings is 1. The first kappa shape index (κ1) is 22.4. The van der Waals surface area contributed by atoms with Crippen molar-refractivity contribution in [2.75, 3.05) is 67.0 Å². The molecule has 0 aliphatic carbocycles. The summed E-state index contributed by atoms with van der Waals surface area (Å²) in [5, 5.41) is 7.01. The zero-order valence-electron chi connectivity index (χ0n) is 16.9. The lowest BCUT2D eigenvalue weighted by Gasteiger charge is -2.38. The maximum Gasteiger partial charge on any atom is 0.191 e. The highest BCUT2D eigenvalue weighted by molar-refractivity contribution is 14.0. The van der Waals surface area contributed by atoms with Crippen LogP contribution in [0.1, 0.15) is 24.6 Å². The molecule has 0 amide bonds. The second kappa shape index (κ2) is 11.2. The molecule has 0 radical (unpaired) electrons. The van der Waals surface area contributed by atoms with Gasteiger partial charge < -0.3 is 20.0 Å². The Morgan fingerprint density at radius 2 is 2.00 bits per heavy atom. The van der Waals surface area contributed by atoms with E-state index in [9.17, 15) is 0 Å². The van der Waals surface area contributed by atoms with Crippen LogP contribution in [0.5, 0.6) is 0 Å². The maximum atomic E-state index is 5.70. The van der Waals surface area contributed by atoms with Gasteiger partial charge in [0.1, 0.15) is 5.76 Å². The number of piperazine rings is 1. The minimum atomic E-state index is 0. The molecule has 1 aromatic rings. The lowest BCUT2D eigenvalue weighted by atomic mass is 10.2. The largest absolute Gasteiger partial charge is 0.468 e. The molecule has 2 aliphatic rings. The molecule has 3 rings (SSSR count). The van der Waals surface area contributed by atoms with E-state index >= 15 is 0 Å². The molecule has 8 heteroatoms. The molecule has 154 valence electrons. The van der Waals surface area contributed by atoms with Crippen molar-refractivity contribution < 1.29 is 4.42 Å². The molecular formula is C19H35IN6O. The summed E-state index contributed by atoms with van der Waals surface area (Å²) in [6, 6.07) is 4.82. The van der Waals surface area contributed by atoms with Crippen molar-refractivity contribution in [3.8, 4) is 0 Å². The number of guanidine groups is 1. The van der Waals surface area contributed by atoms with Crippen LogP contribution in [0.3, 0.4) is 0 Å². The van der Waals surface area contributed by atoms with E-state index in [1.165, 1.54) is 12.8 Å². The molecule has 2 saturated heterocycles. The van der Waals surface area contributed by atoms with Crippen LogP contribution in [0, 0.1) is 0 Å². The molecule has 0 spiro atoms. The maximum absolute atomic E-state index is 5.70. The summed E-state index contributed by atoms with van der Waals surface area (Å²) < 4.78 is 5.70. The van der Waals surface area contributed by atoms with Gasteiger partial charge in [-0.05, 0) is 52.2 Å². The number of hydrogen-bond acceptors (Lipinski definition) is 5. The van der Waals surface area contributed by atoms with Crippen molar-refractivity contribution in [2.24, 2.45) is 4.99 Å². The van der Waals surface area contributed by atoms with Crippen LogP contribution in [0.15, 0.2) is 27.8 Å². The first-order chi connectivity index (χ1) is 12.7. The normalized spacial score (nSPS) is 23.8. The monoisotopic (exact) mass is 490 g/mol. The van der Waals surface area contributed by atoms with Crippen LogP contribution in [-0.4, -0.2) is 93.7 Å². The molecule has 0 bridgehead atoms. The van der Waals surface area contributed by atoms with E-state index in [1.54, 1.807) is 6.26 Å². The number of aliphatic imine (C=N–C) groups is 1. The number of halogens is 1. The number of likely N-dealkylation sites (tertiary alicyclic amines) is 1. The van der Waals surface area contributed by atoms with Crippen molar-refractivity contribution in [3.63, 3.8) is 0 Å². The molecule has 0 saturated carbocycles. The van der Waals surface area contributed by atoms with E-state index in [0.717, 1.165) is 57.5 Å². The van der Waals surface area contributed by atoms with Gasteiger partial charge in [0.2, 0.25) is 0 Å². The van der Waals surface area contributed by atoms with Gasteiger partial charge in [-0.25, -0.2) is 0 Å². The molecule has 2 atom stereocenters. The molecule has 7 nitrogen and oxygen atoms in total. The minimum Gasteiger partial charge on any atom is -0.468 e. The van der Waals surface area contributed by atoms with Gasteiger partial charge in [0.25, 0.3) is 0 Å². The first-order valence-corrected chi connectivity index (χ1v) is 9.78. The highest BCUT2D eigenvalue weighted by Gasteiger charge is 2.26. The Bertz CT molecular complexity index is 561. The van der Waals surface area contributed by atoms with E-state index < -0.39 is 0 Å². The van der Waals surface area contributed by atoms with E-state index in [4.69, 9.17) is 4.42 Å². The molecule has 2 N–H and O–H groups in total. The molecular weight excluding hydrogens is 455 g/mol. The molecule has 0 aromatic carbocycles. The fraction of sp³-hybridized carbons (Fsp3) is 0.737. The molecule has 2 aliphatic heterocycles. The van der Waals surface area contributed by atoms with Gasteiger partial charge in [0.15, 0.2) is 5.96 Å². The number of rotatable bonds is 6. The topological polar surface area (TPSA) is 59.3 Å². The summed E-state index contributed by atoms with van der Waals surface area (Å²) in [6.07, 6.45) is 4.30. The molecule has 1 aromatic heterocycles. The molecule has 27 heavy (non-hydrogen) atoms. The van der Waals surface area contributed by atoms with Crippen LogP contribution >= 0.6 is 24.0 Å².